The molecular weight excluding hydrogens is 238 g/mol. The number of furan rings is 1. The van der Waals surface area contributed by atoms with Crippen LogP contribution >= 0.6 is 23.5 Å². The van der Waals surface area contributed by atoms with E-state index in [1.807, 2.05) is 0 Å². The van der Waals surface area contributed by atoms with E-state index in [2.05, 4.69) is 35.5 Å². The van der Waals surface area contributed by atoms with Gasteiger partial charge in [-0.05, 0) is 48.8 Å². The molecule has 1 aromatic rings. The molecule has 1 saturated heterocycles. The molecule has 0 aromatic carbocycles. The molecule has 2 heterocycles. The van der Waals surface area contributed by atoms with Crippen LogP contribution in [0.25, 0.3) is 0 Å². The van der Waals surface area contributed by atoms with Crippen molar-refractivity contribution in [2.75, 3.05) is 24.3 Å². The van der Waals surface area contributed by atoms with Crippen molar-refractivity contribution >= 4 is 23.5 Å². The summed E-state index contributed by atoms with van der Waals surface area (Å²) in [5.74, 6) is 6.65. The molecule has 1 unspecified atom stereocenters. The Balaban J connectivity index is 1.67. The lowest BCUT2D eigenvalue weighted by Gasteiger charge is -2.08. The van der Waals surface area contributed by atoms with Gasteiger partial charge in [-0.15, -0.1) is 0 Å². The average molecular weight is 257 g/mol. The van der Waals surface area contributed by atoms with Crippen LogP contribution in [-0.4, -0.2) is 24.3 Å². The molecule has 2 nitrogen and oxygen atoms in total. The molecule has 2 rings (SSSR count). The van der Waals surface area contributed by atoms with Gasteiger partial charge in [-0.1, -0.05) is 0 Å². The van der Waals surface area contributed by atoms with Crippen LogP contribution in [0.2, 0.25) is 0 Å². The van der Waals surface area contributed by atoms with Crippen molar-refractivity contribution in [1.29, 1.82) is 0 Å². The highest BCUT2D eigenvalue weighted by Gasteiger charge is 2.14. The van der Waals surface area contributed by atoms with Crippen molar-refractivity contribution in [3.63, 3.8) is 0 Å². The maximum Gasteiger partial charge on any atom is 0.117 e. The lowest BCUT2D eigenvalue weighted by Crippen LogP contribution is -2.21. The van der Waals surface area contributed by atoms with E-state index in [-0.39, 0.29) is 0 Å². The van der Waals surface area contributed by atoms with Crippen molar-refractivity contribution in [2.45, 2.75) is 18.7 Å². The predicted molar refractivity (Wildman–Crippen MR) is 73.1 cm³/mol. The van der Waals surface area contributed by atoms with Crippen molar-refractivity contribution < 1.29 is 4.42 Å². The summed E-state index contributed by atoms with van der Waals surface area (Å²) in [4.78, 5) is 0. The Bertz CT molecular complexity index is 308. The SMILES string of the molecule is CSCc1ccc(CNCC2CCSC2)o1. The number of thioether (sulfide) groups is 2. The molecule has 1 aliphatic heterocycles. The summed E-state index contributed by atoms with van der Waals surface area (Å²) in [6, 6.07) is 4.17. The van der Waals surface area contributed by atoms with Crippen molar-refractivity contribution in [1.82, 2.24) is 5.32 Å². The molecule has 0 spiro atoms. The van der Waals surface area contributed by atoms with Crippen LogP contribution in [-0.2, 0) is 12.3 Å². The minimum absolute atomic E-state index is 0.866. The van der Waals surface area contributed by atoms with Crippen molar-refractivity contribution in [3.05, 3.63) is 23.7 Å². The molecule has 1 N–H and O–H groups in total. The van der Waals surface area contributed by atoms with Crippen LogP contribution in [0.5, 0.6) is 0 Å². The largest absolute Gasteiger partial charge is 0.464 e. The summed E-state index contributed by atoms with van der Waals surface area (Å²) in [6.07, 6.45) is 3.46. The Kier molecular flexibility index (Phi) is 5.13. The van der Waals surface area contributed by atoms with E-state index < -0.39 is 0 Å². The fourth-order valence-corrected chi connectivity index (χ4v) is 3.61. The topological polar surface area (TPSA) is 25.2 Å². The monoisotopic (exact) mass is 257 g/mol. The number of rotatable bonds is 6. The maximum atomic E-state index is 5.70. The normalized spacial score (nSPS) is 20.4. The molecule has 1 atom stereocenters. The molecular formula is C12H19NOS2. The Morgan fingerprint density at radius 3 is 3.12 bits per heavy atom. The Morgan fingerprint density at radius 2 is 2.38 bits per heavy atom. The quantitative estimate of drug-likeness (QED) is 0.847. The van der Waals surface area contributed by atoms with Gasteiger partial charge < -0.3 is 9.73 Å². The van der Waals surface area contributed by atoms with E-state index in [0.29, 0.717) is 0 Å². The van der Waals surface area contributed by atoms with E-state index in [1.165, 1.54) is 17.9 Å². The molecule has 16 heavy (non-hydrogen) atoms. The van der Waals surface area contributed by atoms with Crippen LogP contribution in [0.1, 0.15) is 17.9 Å². The first-order chi connectivity index (χ1) is 7.88. The highest BCUT2D eigenvalue weighted by atomic mass is 32.2. The van der Waals surface area contributed by atoms with E-state index in [4.69, 9.17) is 4.42 Å². The van der Waals surface area contributed by atoms with Crippen LogP contribution in [0.15, 0.2) is 16.5 Å². The van der Waals surface area contributed by atoms with Crippen LogP contribution in [0, 0.1) is 5.92 Å². The standard InChI is InChI=1S/C12H19NOS2/c1-15-9-12-3-2-11(14-12)7-13-6-10-4-5-16-8-10/h2-3,10,13H,4-9H2,1H3. The molecule has 0 radical (unpaired) electrons. The van der Waals surface area contributed by atoms with E-state index in [1.54, 1.807) is 11.8 Å². The lowest BCUT2D eigenvalue weighted by atomic mass is 10.1. The van der Waals surface area contributed by atoms with Gasteiger partial charge in [0.2, 0.25) is 0 Å². The molecule has 0 bridgehead atoms. The van der Waals surface area contributed by atoms with E-state index in [0.717, 1.165) is 36.3 Å². The second-order valence-electron chi connectivity index (χ2n) is 4.16. The van der Waals surface area contributed by atoms with Gasteiger partial charge in [-0.25, -0.2) is 0 Å². The fraction of sp³-hybridized carbons (Fsp3) is 0.667. The summed E-state index contributed by atoms with van der Waals surface area (Å²) in [5.41, 5.74) is 0. The average Bonchev–Trinajstić information content (AvgIpc) is 2.90. The summed E-state index contributed by atoms with van der Waals surface area (Å²) in [6.45, 7) is 2.00. The van der Waals surface area contributed by atoms with Gasteiger partial charge in [0.15, 0.2) is 0 Å². The number of hydrogen-bond donors (Lipinski definition) is 1. The predicted octanol–water partition coefficient (Wildman–Crippen LogP) is 2.99. The zero-order valence-corrected chi connectivity index (χ0v) is 11.3. The van der Waals surface area contributed by atoms with Gasteiger partial charge in [0.25, 0.3) is 0 Å². The second-order valence-corrected chi connectivity index (χ2v) is 6.18. The highest BCUT2D eigenvalue weighted by Crippen LogP contribution is 2.22. The zero-order chi connectivity index (χ0) is 11.2. The van der Waals surface area contributed by atoms with Gasteiger partial charge in [0.05, 0.1) is 12.3 Å². The highest BCUT2D eigenvalue weighted by molar-refractivity contribution is 7.99. The van der Waals surface area contributed by atoms with Crippen molar-refractivity contribution in [3.8, 4) is 0 Å². The third-order valence-electron chi connectivity index (χ3n) is 2.76. The third kappa shape index (κ3) is 3.75. The molecule has 1 fully saturated rings. The summed E-state index contributed by atoms with van der Waals surface area (Å²) in [7, 11) is 0. The minimum Gasteiger partial charge on any atom is -0.464 e. The minimum atomic E-state index is 0.866. The first kappa shape index (κ1) is 12.4. The zero-order valence-electron chi connectivity index (χ0n) is 9.70. The smallest absolute Gasteiger partial charge is 0.117 e. The summed E-state index contributed by atoms with van der Waals surface area (Å²) < 4.78 is 5.70. The van der Waals surface area contributed by atoms with Crippen LogP contribution in [0.4, 0.5) is 0 Å². The first-order valence-corrected chi connectivity index (χ1v) is 8.28. The molecule has 1 aliphatic rings. The first-order valence-electron chi connectivity index (χ1n) is 5.73. The van der Waals surface area contributed by atoms with Gasteiger partial charge in [0, 0.05) is 0 Å². The molecule has 0 saturated carbocycles. The Labute approximate surface area is 106 Å². The van der Waals surface area contributed by atoms with Gasteiger partial charge in [-0.2, -0.15) is 23.5 Å². The molecule has 0 amide bonds. The second kappa shape index (κ2) is 6.62. The molecule has 0 aliphatic carbocycles. The van der Waals surface area contributed by atoms with E-state index >= 15 is 0 Å². The summed E-state index contributed by atoms with van der Waals surface area (Å²) in [5, 5.41) is 3.49. The van der Waals surface area contributed by atoms with Gasteiger partial charge >= 0.3 is 0 Å². The number of hydrogen-bond acceptors (Lipinski definition) is 4. The Hall–Kier alpha value is -0.0600. The van der Waals surface area contributed by atoms with Crippen LogP contribution < -0.4 is 5.32 Å². The maximum absolute atomic E-state index is 5.70. The summed E-state index contributed by atoms with van der Waals surface area (Å²) >= 11 is 3.87. The van der Waals surface area contributed by atoms with Gasteiger partial charge in [-0.3, -0.25) is 0 Å². The van der Waals surface area contributed by atoms with Crippen LogP contribution in [0.3, 0.4) is 0 Å². The molecule has 1 aromatic heterocycles. The fourth-order valence-electron chi connectivity index (χ4n) is 1.88. The molecule has 90 valence electrons. The van der Waals surface area contributed by atoms with Crippen molar-refractivity contribution in [2.24, 2.45) is 5.92 Å². The third-order valence-corrected chi connectivity index (χ3v) is 4.56. The lowest BCUT2D eigenvalue weighted by molar-refractivity contribution is 0.441. The van der Waals surface area contributed by atoms with E-state index in [9.17, 15) is 0 Å². The number of nitrogens with one attached hydrogen (secondary N) is 1. The molecule has 4 heteroatoms. The van der Waals surface area contributed by atoms with Gasteiger partial charge in [0.1, 0.15) is 11.5 Å². The Morgan fingerprint density at radius 1 is 1.50 bits per heavy atom.